The van der Waals surface area contributed by atoms with Crippen LogP contribution in [0.15, 0.2) is 22.9 Å². The summed E-state index contributed by atoms with van der Waals surface area (Å²) < 4.78 is 1.00. The highest BCUT2D eigenvalue weighted by Gasteiger charge is 1.96. The second kappa shape index (κ2) is 5.94. The van der Waals surface area contributed by atoms with Gasteiger partial charge in [0.1, 0.15) is 0 Å². The molecule has 1 rings (SSSR count). The van der Waals surface area contributed by atoms with Crippen molar-refractivity contribution < 1.29 is 0 Å². The molecule has 1 aromatic rings. The van der Waals surface area contributed by atoms with Crippen LogP contribution >= 0.6 is 15.9 Å². The van der Waals surface area contributed by atoms with Gasteiger partial charge in [0.05, 0.1) is 10.2 Å². The SMILES string of the molecule is NCCCCNc1ccncc1Br. The van der Waals surface area contributed by atoms with Gasteiger partial charge in [-0.15, -0.1) is 0 Å². The Kier molecular flexibility index (Phi) is 4.78. The second-order valence-corrected chi connectivity index (χ2v) is 3.63. The summed E-state index contributed by atoms with van der Waals surface area (Å²) >= 11 is 3.42. The van der Waals surface area contributed by atoms with Crippen molar-refractivity contribution in [3.63, 3.8) is 0 Å². The summed E-state index contributed by atoms with van der Waals surface area (Å²) in [6, 6.07) is 1.95. The van der Waals surface area contributed by atoms with Gasteiger partial charge in [0.2, 0.25) is 0 Å². The van der Waals surface area contributed by atoms with Crippen molar-refractivity contribution in [2.24, 2.45) is 5.73 Å². The molecular weight excluding hydrogens is 230 g/mol. The summed E-state index contributed by atoms with van der Waals surface area (Å²) in [7, 11) is 0. The van der Waals surface area contributed by atoms with Crippen molar-refractivity contribution in [1.29, 1.82) is 0 Å². The Morgan fingerprint density at radius 2 is 2.31 bits per heavy atom. The highest BCUT2D eigenvalue weighted by atomic mass is 79.9. The Morgan fingerprint density at radius 3 is 3.00 bits per heavy atom. The summed E-state index contributed by atoms with van der Waals surface area (Å²) in [6.07, 6.45) is 5.72. The molecule has 0 saturated carbocycles. The third-order valence-electron chi connectivity index (χ3n) is 1.72. The Labute approximate surface area is 86.9 Å². The fourth-order valence-corrected chi connectivity index (χ4v) is 1.40. The van der Waals surface area contributed by atoms with Gasteiger partial charge in [0, 0.05) is 18.9 Å². The first kappa shape index (κ1) is 10.5. The third-order valence-corrected chi connectivity index (χ3v) is 2.35. The average Bonchev–Trinajstić information content (AvgIpc) is 2.15. The number of pyridine rings is 1. The van der Waals surface area contributed by atoms with E-state index in [0.29, 0.717) is 0 Å². The highest BCUT2D eigenvalue weighted by molar-refractivity contribution is 9.10. The topological polar surface area (TPSA) is 50.9 Å². The van der Waals surface area contributed by atoms with Gasteiger partial charge >= 0.3 is 0 Å². The van der Waals surface area contributed by atoms with Crippen molar-refractivity contribution in [2.45, 2.75) is 12.8 Å². The monoisotopic (exact) mass is 243 g/mol. The molecule has 0 aliphatic carbocycles. The van der Waals surface area contributed by atoms with Gasteiger partial charge in [-0.25, -0.2) is 0 Å². The predicted molar refractivity (Wildman–Crippen MR) is 58.7 cm³/mol. The van der Waals surface area contributed by atoms with Crippen LogP contribution in [0.25, 0.3) is 0 Å². The molecule has 0 amide bonds. The van der Waals surface area contributed by atoms with Crippen molar-refractivity contribution in [1.82, 2.24) is 4.98 Å². The number of aromatic nitrogens is 1. The number of hydrogen-bond acceptors (Lipinski definition) is 3. The zero-order chi connectivity index (χ0) is 9.52. The Balaban J connectivity index is 2.32. The normalized spacial score (nSPS) is 10.0. The minimum atomic E-state index is 0.763. The molecule has 0 bridgehead atoms. The summed E-state index contributed by atoms with van der Waals surface area (Å²) in [6.45, 7) is 1.72. The lowest BCUT2D eigenvalue weighted by Gasteiger charge is -2.06. The average molecular weight is 244 g/mol. The fraction of sp³-hybridized carbons (Fsp3) is 0.444. The molecule has 4 heteroatoms. The smallest absolute Gasteiger partial charge is 0.0590 e. The number of unbranched alkanes of at least 4 members (excludes halogenated alkanes) is 1. The van der Waals surface area contributed by atoms with Crippen LogP contribution in [0.2, 0.25) is 0 Å². The number of rotatable bonds is 5. The third kappa shape index (κ3) is 3.74. The lowest BCUT2D eigenvalue weighted by atomic mass is 10.3. The first-order chi connectivity index (χ1) is 6.34. The van der Waals surface area contributed by atoms with Gasteiger partial charge in [0.25, 0.3) is 0 Å². The van der Waals surface area contributed by atoms with Crippen LogP contribution < -0.4 is 11.1 Å². The van der Waals surface area contributed by atoms with Crippen molar-refractivity contribution >= 4 is 21.6 Å². The van der Waals surface area contributed by atoms with E-state index in [9.17, 15) is 0 Å². The van der Waals surface area contributed by atoms with E-state index in [1.165, 1.54) is 0 Å². The van der Waals surface area contributed by atoms with Crippen LogP contribution in [0, 0.1) is 0 Å². The van der Waals surface area contributed by atoms with Crippen LogP contribution in [0.5, 0.6) is 0 Å². The number of halogens is 1. The van der Waals surface area contributed by atoms with Crippen LogP contribution in [0.4, 0.5) is 5.69 Å². The molecule has 1 aromatic heterocycles. The molecule has 0 aromatic carbocycles. The zero-order valence-corrected chi connectivity index (χ0v) is 9.05. The van der Waals surface area contributed by atoms with E-state index >= 15 is 0 Å². The molecule has 0 aliphatic rings. The van der Waals surface area contributed by atoms with E-state index in [4.69, 9.17) is 5.73 Å². The first-order valence-electron chi connectivity index (χ1n) is 4.38. The van der Waals surface area contributed by atoms with Gasteiger partial charge in [-0.1, -0.05) is 0 Å². The molecule has 0 aliphatic heterocycles. The van der Waals surface area contributed by atoms with E-state index < -0.39 is 0 Å². The van der Waals surface area contributed by atoms with Crippen LogP contribution in [0.1, 0.15) is 12.8 Å². The number of hydrogen-bond donors (Lipinski definition) is 2. The molecule has 72 valence electrons. The molecule has 0 unspecified atom stereocenters. The van der Waals surface area contributed by atoms with Gasteiger partial charge < -0.3 is 11.1 Å². The van der Waals surface area contributed by atoms with Gasteiger partial charge in [0.15, 0.2) is 0 Å². The van der Waals surface area contributed by atoms with Gasteiger partial charge in [-0.05, 0) is 41.4 Å². The summed E-state index contributed by atoms with van der Waals surface area (Å²) in [5, 5.41) is 3.31. The second-order valence-electron chi connectivity index (χ2n) is 2.78. The number of nitrogens with two attached hydrogens (primary N) is 1. The Morgan fingerprint density at radius 1 is 1.46 bits per heavy atom. The van der Waals surface area contributed by atoms with E-state index in [-0.39, 0.29) is 0 Å². The maximum absolute atomic E-state index is 5.39. The van der Waals surface area contributed by atoms with Crippen molar-refractivity contribution in [3.8, 4) is 0 Å². The standard InChI is InChI=1S/C9H14BrN3/c10-8-7-12-6-3-9(8)13-5-2-1-4-11/h3,6-7H,1-2,4-5,11H2,(H,12,13). The maximum atomic E-state index is 5.39. The minimum absolute atomic E-state index is 0.763. The van der Waals surface area contributed by atoms with E-state index in [1.807, 2.05) is 6.07 Å². The van der Waals surface area contributed by atoms with Crippen LogP contribution in [0.3, 0.4) is 0 Å². The summed E-state index contributed by atoms with van der Waals surface area (Å²) in [4.78, 5) is 3.98. The molecule has 3 nitrogen and oxygen atoms in total. The highest BCUT2D eigenvalue weighted by Crippen LogP contribution is 2.19. The first-order valence-corrected chi connectivity index (χ1v) is 5.17. The van der Waals surface area contributed by atoms with E-state index in [0.717, 1.165) is 36.1 Å². The molecule has 13 heavy (non-hydrogen) atoms. The Bertz CT molecular complexity index is 252. The predicted octanol–water partition coefficient (Wildman–Crippen LogP) is 1.99. The van der Waals surface area contributed by atoms with Gasteiger partial charge in [-0.3, -0.25) is 4.98 Å². The molecular formula is C9H14BrN3. The largest absolute Gasteiger partial charge is 0.384 e. The van der Waals surface area contributed by atoms with Gasteiger partial charge in [-0.2, -0.15) is 0 Å². The van der Waals surface area contributed by atoms with E-state index in [2.05, 4.69) is 26.2 Å². The number of anilines is 1. The maximum Gasteiger partial charge on any atom is 0.0590 e. The Hall–Kier alpha value is -0.610. The molecule has 0 spiro atoms. The van der Waals surface area contributed by atoms with Crippen LogP contribution in [-0.4, -0.2) is 18.1 Å². The lowest BCUT2D eigenvalue weighted by molar-refractivity contribution is 0.774. The van der Waals surface area contributed by atoms with E-state index in [1.54, 1.807) is 12.4 Å². The summed E-state index contributed by atoms with van der Waals surface area (Å²) in [5.41, 5.74) is 6.48. The molecule has 0 saturated heterocycles. The molecule has 0 radical (unpaired) electrons. The molecule has 0 fully saturated rings. The quantitative estimate of drug-likeness (QED) is 0.779. The minimum Gasteiger partial charge on any atom is -0.384 e. The molecule has 3 N–H and O–H groups in total. The fourth-order valence-electron chi connectivity index (χ4n) is 1.01. The molecule has 0 atom stereocenters. The molecule has 1 heterocycles. The van der Waals surface area contributed by atoms with Crippen molar-refractivity contribution in [3.05, 3.63) is 22.9 Å². The number of nitrogens with zero attached hydrogens (tertiary/aromatic N) is 1. The number of nitrogens with one attached hydrogen (secondary N) is 1. The van der Waals surface area contributed by atoms with Crippen molar-refractivity contribution in [2.75, 3.05) is 18.4 Å². The van der Waals surface area contributed by atoms with Crippen LogP contribution in [-0.2, 0) is 0 Å². The summed E-state index contributed by atoms with van der Waals surface area (Å²) in [5.74, 6) is 0. The zero-order valence-electron chi connectivity index (χ0n) is 7.46. The lowest BCUT2D eigenvalue weighted by Crippen LogP contribution is -2.05.